The third-order valence-electron chi connectivity index (χ3n) is 4.83. The average Bonchev–Trinajstić information content (AvgIpc) is 3.24. The predicted octanol–water partition coefficient (Wildman–Crippen LogP) is 1.00. The number of rotatable bonds is 2. The van der Waals surface area contributed by atoms with Crippen LogP contribution in [0.25, 0.3) is 16.7 Å². The summed E-state index contributed by atoms with van der Waals surface area (Å²) >= 11 is 0. The Bertz CT molecular complexity index is 1100. The van der Waals surface area contributed by atoms with Crippen molar-refractivity contribution in [2.24, 2.45) is 0 Å². The monoisotopic (exact) mass is 336 g/mol. The Morgan fingerprint density at radius 1 is 1.08 bits per heavy atom. The normalized spacial score (nSPS) is 16.1. The van der Waals surface area contributed by atoms with Gasteiger partial charge in [-0.05, 0) is 47.5 Å². The Morgan fingerprint density at radius 2 is 1.92 bits per heavy atom. The Balaban J connectivity index is 1.40. The molecule has 0 unspecified atom stereocenters. The number of piperidine rings is 1. The van der Waals surface area contributed by atoms with Gasteiger partial charge in [0.25, 0.3) is 0 Å². The van der Waals surface area contributed by atoms with Gasteiger partial charge in [0.1, 0.15) is 0 Å². The standard InChI is InChI=1S/C16H16N8O/c25-16-17-12-3-1-2-4-13(12)23(16)11-7-9-22(10-8-11)15-6-5-14-18-20-21-24(14)19-15/h1-6,11H,7-10H2,(H,17,25). The van der Waals surface area contributed by atoms with Crippen LogP contribution in [0.1, 0.15) is 18.9 Å². The number of benzene rings is 1. The van der Waals surface area contributed by atoms with E-state index in [1.54, 1.807) is 0 Å². The van der Waals surface area contributed by atoms with Gasteiger partial charge in [0.15, 0.2) is 11.5 Å². The molecule has 1 fully saturated rings. The number of fused-ring (bicyclic) bond motifs is 2. The molecule has 0 aliphatic carbocycles. The minimum atomic E-state index is -0.0344. The molecule has 1 saturated heterocycles. The molecule has 1 aromatic carbocycles. The van der Waals surface area contributed by atoms with Crippen LogP contribution in [0.4, 0.5) is 5.82 Å². The first-order valence-electron chi connectivity index (χ1n) is 8.29. The molecule has 1 aliphatic rings. The molecule has 25 heavy (non-hydrogen) atoms. The molecule has 0 radical (unpaired) electrons. The molecule has 3 aromatic heterocycles. The van der Waals surface area contributed by atoms with E-state index in [1.807, 2.05) is 41.0 Å². The zero-order chi connectivity index (χ0) is 16.8. The van der Waals surface area contributed by atoms with Crippen molar-refractivity contribution < 1.29 is 0 Å². The number of hydrogen-bond donors (Lipinski definition) is 1. The Hall–Kier alpha value is -3.23. The van der Waals surface area contributed by atoms with Crippen molar-refractivity contribution in [2.45, 2.75) is 18.9 Å². The highest BCUT2D eigenvalue weighted by atomic mass is 16.1. The van der Waals surface area contributed by atoms with Crippen LogP contribution < -0.4 is 10.6 Å². The van der Waals surface area contributed by atoms with Crippen LogP contribution in [-0.4, -0.2) is 47.9 Å². The molecular weight excluding hydrogens is 320 g/mol. The lowest BCUT2D eigenvalue weighted by Crippen LogP contribution is -2.37. The lowest BCUT2D eigenvalue weighted by atomic mass is 10.0. The van der Waals surface area contributed by atoms with Gasteiger partial charge in [0.05, 0.1) is 11.0 Å². The third kappa shape index (κ3) is 2.27. The summed E-state index contributed by atoms with van der Waals surface area (Å²) in [6, 6.07) is 11.8. The second-order valence-corrected chi connectivity index (χ2v) is 6.25. The number of aromatic amines is 1. The number of para-hydroxylation sites is 2. The smallest absolute Gasteiger partial charge is 0.326 e. The van der Waals surface area contributed by atoms with Crippen molar-refractivity contribution in [3.05, 3.63) is 46.9 Å². The summed E-state index contributed by atoms with van der Waals surface area (Å²) in [5.74, 6) is 0.851. The van der Waals surface area contributed by atoms with Gasteiger partial charge in [-0.3, -0.25) is 4.57 Å². The molecule has 0 bridgehead atoms. The minimum absolute atomic E-state index is 0.0344. The van der Waals surface area contributed by atoms with E-state index in [9.17, 15) is 4.79 Å². The first-order valence-corrected chi connectivity index (χ1v) is 8.29. The quantitative estimate of drug-likeness (QED) is 0.587. The maximum absolute atomic E-state index is 12.4. The van der Waals surface area contributed by atoms with Crippen molar-refractivity contribution in [2.75, 3.05) is 18.0 Å². The Kier molecular flexibility index (Phi) is 3.06. The highest BCUT2D eigenvalue weighted by Gasteiger charge is 2.24. The number of nitrogens with zero attached hydrogens (tertiary/aromatic N) is 7. The van der Waals surface area contributed by atoms with Gasteiger partial charge in [-0.1, -0.05) is 12.1 Å². The Labute approximate surface area is 141 Å². The van der Waals surface area contributed by atoms with Gasteiger partial charge >= 0.3 is 5.69 Å². The summed E-state index contributed by atoms with van der Waals surface area (Å²) < 4.78 is 3.33. The van der Waals surface area contributed by atoms with Crippen LogP contribution in [0.15, 0.2) is 41.2 Å². The molecule has 1 aliphatic heterocycles. The van der Waals surface area contributed by atoms with E-state index >= 15 is 0 Å². The van der Waals surface area contributed by atoms with E-state index in [1.165, 1.54) is 4.63 Å². The first-order chi connectivity index (χ1) is 12.3. The van der Waals surface area contributed by atoms with Crippen molar-refractivity contribution in [3.63, 3.8) is 0 Å². The lowest BCUT2D eigenvalue weighted by Gasteiger charge is -2.33. The van der Waals surface area contributed by atoms with Gasteiger partial charge in [-0.2, -0.15) is 0 Å². The summed E-state index contributed by atoms with van der Waals surface area (Å²) in [4.78, 5) is 17.5. The van der Waals surface area contributed by atoms with E-state index < -0.39 is 0 Å². The summed E-state index contributed by atoms with van der Waals surface area (Å²) in [5, 5.41) is 15.8. The largest absolute Gasteiger partial charge is 0.355 e. The van der Waals surface area contributed by atoms with Crippen LogP contribution in [0, 0.1) is 0 Å². The number of tetrazole rings is 1. The molecule has 1 N–H and O–H groups in total. The number of aromatic nitrogens is 7. The average molecular weight is 336 g/mol. The van der Waals surface area contributed by atoms with E-state index in [0.717, 1.165) is 42.8 Å². The zero-order valence-corrected chi connectivity index (χ0v) is 13.4. The number of anilines is 1. The number of hydrogen-bond acceptors (Lipinski definition) is 6. The zero-order valence-electron chi connectivity index (χ0n) is 13.4. The van der Waals surface area contributed by atoms with Crippen LogP contribution in [0.3, 0.4) is 0 Å². The van der Waals surface area contributed by atoms with Crippen molar-refractivity contribution in [1.82, 2.24) is 34.8 Å². The highest BCUT2D eigenvalue weighted by molar-refractivity contribution is 5.75. The fraction of sp³-hybridized carbons (Fsp3) is 0.312. The predicted molar refractivity (Wildman–Crippen MR) is 91.6 cm³/mol. The van der Waals surface area contributed by atoms with E-state index in [-0.39, 0.29) is 11.7 Å². The van der Waals surface area contributed by atoms with Crippen molar-refractivity contribution >= 4 is 22.5 Å². The van der Waals surface area contributed by atoms with Crippen LogP contribution in [0.2, 0.25) is 0 Å². The van der Waals surface area contributed by atoms with Crippen LogP contribution >= 0.6 is 0 Å². The second kappa shape index (κ2) is 5.40. The minimum Gasteiger partial charge on any atom is -0.355 e. The fourth-order valence-electron chi connectivity index (χ4n) is 3.60. The molecule has 9 nitrogen and oxygen atoms in total. The topological polar surface area (TPSA) is 97.0 Å². The SMILES string of the molecule is O=c1[nH]c2ccccc2n1C1CCN(c2ccc3nnnn3n2)CC1. The summed E-state index contributed by atoms with van der Waals surface area (Å²) in [5.41, 5.74) is 2.46. The molecule has 0 spiro atoms. The van der Waals surface area contributed by atoms with Gasteiger partial charge in [-0.15, -0.1) is 14.8 Å². The van der Waals surface area contributed by atoms with Gasteiger partial charge in [-0.25, -0.2) is 4.79 Å². The van der Waals surface area contributed by atoms with Gasteiger partial charge in [0.2, 0.25) is 0 Å². The summed E-state index contributed by atoms with van der Waals surface area (Å²) in [6.07, 6.45) is 1.77. The molecule has 0 atom stereocenters. The maximum Gasteiger partial charge on any atom is 0.326 e. The molecule has 4 aromatic rings. The van der Waals surface area contributed by atoms with Gasteiger partial charge < -0.3 is 9.88 Å². The first kappa shape index (κ1) is 14.1. The van der Waals surface area contributed by atoms with E-state index in [4.69, 9.17) is 0 Å². The van der Waals surface area contributed by atoms with E-state index in [2.05, 4.69) is 30.5 Å². The van der Waals surface area contributed by atoms with Crippen LogP contribution in [0.5, 0.6) is 0 Å². The third-order valence-corrected chi connectivity index (χ3v) is 4.83. The summed E-state index contributed by atoms with van der Waals surface area (Å²) in [6.45, 7) is 1.66. The highest BCUT2D eigenvalue weighted by Crippen LogP contribution is 2.26. The van der Waals surface area contributed by atoms with Crippen LogP contribution in [-0.2, 0) is 0 Å². The van der Waals surface area contributed by atoms with E-state index in [0.29, 0.717) is 5.65 Å². The fourth-order valence-corrected chi connectivity index (χ4v) is 3.60. The molecule has 0 amide bonds. The summed E-state index contributed by atoms with van der Waals surface area (Å²) in [7, 11) is 0. The molecule has 4 heterocycles. The maximum atomic E-state index is 12.4. The lowest BCUT2D eigenvalue weighted by molar-refractivity contribution is 0.394. The number of imidazole rings is 1. The molecule has 9 heteroatoms. The van der Waals surface area contributed by atoms with Gasteiger partial charge in [0, 0.05) is 19.1 Å². The molecule has 5 rings (SSSR count). The Morgan fingerprint density at radius 3 is 2.80 bits per heavy atom. The number of nitrogens with one attached hydrogen (secondary N) is 1. The van der Waals surface area contributed by atoms with Crippen molar-refractivity contribution in [1.29, 1.82) is 0 Å². The number of H-pyrrole nitrogens is 1. The molecular formula is C16H16N8O. The molecule has 126 valence electrons. The second-order valence-electron chi connectivity index (χ2n) is 6.25. The van der Waals surface area contributed by atoms with Crippen molar-refractivity contribution in [3.8, 4) is 0 Å². The molecule has 0 saturated carbocycles.